The Hall–Kier alpha value is -1.30. The van der Waals surface area contributed by atoms with Gasteiger partial charge in [0.05, 0.1) is 18.3 Å². The van der Waals surface area contributed by atoms with Gasteiger partial charge in [-0.2, -0.15) is 0 Å². The quantitative estimate of drug-likeness (QED) is 0.773. The minimum Gasteiger partial charge on any atom is -0.336 e. The van der Waals surface area contributed by atoms with Crippen molar-refractivity contribution >= 4 is 17.5 Å². The van der Waals surface area contributed by atoms with Gasteiger partial charge >= 0.3 is 0 Å². The molecule has 1 heterocycles. The molecule has 1 aromatic rings. The molecule has 0 saturated carbocycles. The molecule has 0 radical (unpaired) electrons. The number of hydrogen-bond donors (Lipinski definition) is 0. The molecule has 1 rings (SSSR count). The van der Waals surface area contributed by atoms with Gasteiger partial charge in [0.25, 0.3) is 12.3 Å². The third kappa shape index (κ3) is 3.10. The lowest BCUT2D eigenvalue weighted by Crippen LogP contribution is -2.31. The zero-order valence-corrected chi connectivity index (χ0v) is 9.01. The second-order valence-electron chi connectivity index (χ2n) is 3.07. The highest BCUT2D eigenvalue weighted by Crippen LogP contribution is 2.16. The summed E-state index contributed by atoms with van der Waals surface area (Å²) in [7, 11) is 1.18. The van der Waals surface area contributed by atoms with Crippen molar-refractivity contribution in [3.8, 4) is 0 Å². The predicted molar refractivity (Wildman–Crippen MR) is 52.2 cm³/mol. The number of pyridine rings is 1. The van der Waals surface area contributed by atoms with E-state index in [0.717, 1.165) is 17.2 Å². The lowest BCUT2D eigenvalue weighted by atomic mass is 10.2. The molecule has 0 aromatic carbocycles. The fourth-order valence-corrected chi connectivity index (χ4v) is 1.25. The Kier molecular flexibility index (Phi) is 4.12. The first-order valence-electron chi connectivity index (χ1n) is 4.26. The highest BCUT2D eigenvalue weighted by atomic mass is 35.5. The summed E-state index contributed by atoms with van der Waals surface area (Å²) < 4.78 is 36.8. The number of hydrogen-bond acceptors (Lipinski definition) is 2. The summed E-state index contributed by atoms with van der Waals surface area (Å²) in [6.45, 7) is -0.744. The van der Waals surface area contributed by atoms with Crippen LogP contribution in [0.5, 0.6) is 0 Å². The zero-order valence-electron chi connectivity index (χ0n) is 8.25. The normalized spacial score (nSPS) is 10.6. The molecule has 0 spiro atoms. The topological polar surface area (TPSA) is 33.2 Å². The Morgan fingerprint density at radius 2 is 2.25 bits per heavy atom. The maximum atomic E-state index is 12.8. The van der Waals surface area contributed by atoms with Gasteiger partial charge in [-0.3, -0.25) is 4.79 Å². The van der Waals surface area contributed by atoms with E-state index in [1.165, 1.54) is 7.05 Å². The Balaban J connectivity index is 2.91. The number of carbonyl (C=O) groups excluding carboxylic acids is 1. The molecule has 0 aliphatic carbocycles. The molecule has 88 valence electrons. The average molecular weight is 253 g/mol. The van der Waals surface area contributed by atoms with Crippen LogP contribution in [0.25, 0.3) is 0 Å². The van der Waals surface area contributed by atoms with E-state index >= 15 is 0 Å². The van der Waals surface area contributed by atoms with E-state index in [1.807, 2.05) is 0 Å². The predicted octanol–water partition coefficient (Wildman–Crippen LogP) is 2.21. The van der Waals surface area contributed by atoms with Crippen molar-refractivity contribution in [1.29, 1.82) is 0 Å². The van der Waals surface area contributed by atoms with E-state index in [1.54, 1.807) is 0 Å². The first-order valence-corrected chi connectivity index (χ1v) is 4.64. The molecule has 1 amide bonds. The molecule has 0 saturated heterocycles. The van der Waals surface area contributed by atoms with E-state index in [4.69, 9.17) is 11.6 Å². The monoisotopic (exact) mass is 252 g/mol. The summed E-state index contributed by atoms with van der Waals surface area (Å²) in [4.78, 5) is 15.7. The number of carbonyl (C=O) groups is 1. The highest BCUT2D eigenvalue weighted by molar-refractivity contribution is 6.32. The van der Waals surface area contributed by atoms with Crippen molar-refractivity contribution in [1.82, 2.24) is 9.88 Å². The molecule has 0 atom stereocenters. The summed E-state index contributed by atoms with van der Waals surface area (Å²) in [5.74, 6) is -1.55. The molecule has 0 aliphatic rings. The highest BCUT2D eigenvalue weighted by Gasteiger charge is 2.19. The van der Waals surface area contributed by atoms with Crippen LogP contribution in [-0.4, -0.2) is 35.8 Å². The minimum absolute atomic E-state index is 0.215. The molecule has 0 N–H and O–H groups in total. The molecule has 1 aromatic heterocycles. The maximum Gasteiger partial charge on any atom is 0.257 e. The smallest absolute Gasteiger partial charge is 0.257 e. The molecule has 0 unspecified atom stereocenters. The summed E-state index contributed by atoms with van der Waals surface area (Å²) in [5.41, 5.74) is -0.232. The molecule has 7 heteroatoms. The van der Waals surface area contributed by atoms with E-state index in [2.05, 4.69) is 4.98 Å². The van der Waals surface area contributed by atoms with Gasteiger partial charge in [-0.15, -0.1) is 0 Å². The van der Waals surface area contributed by atoms with Gasteiger partial charge in [-0.25, -0.2) is 18.2 Å². The average Bonchev–Trinajstić information content (AvgIpc) is 2.19. The van der Waals surface area contributed by atoms with Crippen LogP contribution in [0, 0.1) is 5.82 Å². The van der Waals surface area contributed by atoms with Gasteiger partial charge in [0, 0.05) is 7.05 Å². The van der Waals surface area contributed by atoms with Crippen LogP contribution in [0.3, 0.4) is 0 Å². The molecule has 0 fully saturated rings. The number of aromatic nitrogens is 1. The van der Waals surface area contributed by atoms with Crippen molar-refractivity contribution in [2.45, 2.75) is 6.43 Å². The Labute approximate surface area is 94.8 Å². The number of rotatable bonds is 3. The van der Waals surface area contributed by atoms with Crippen LogP contribution in [0.1, 0.15) is 10.4 Å². The van der Waals surface area contributed by atoms with Gasteiger partial charge in [0.1, 0.15) is 11.0 Å². The fraction of sp³-hybridized carbons (Fsp3) is 0.333. The molecular formula is C9H8ClF3N2O. The summed E-state index contributed by atoms with van der Waals surface area (Å²) in [5, 5.41) is -0.215. The number of alkyl halides is 2. The van der Waals surface area contributed by atoms with Crippen LogP contribution in [0.4, 0.5) is 13.2 Å². The van der Waals surface area contributed by atoms with Crippen molar-refractivity contribution in [3.05, 3.63) is 28.8 Å². The molecular weight excluding hydrogens is 245 g/mol. The Bertz CT molecular complexity index is 400. The largest absolute Gasteiger partial charge is 0.336 e. The van der Waals surface area contributed by atoms with Gasteiger partial charge in [0.2, 0.25) is 0 Å². The zero-order chi connectivity index (χ0) is 12.3. The second-order valence-corrected chi connectivity index (χ2v) is 3.43. The molecule has 0 aliphatic heterocycles. The fourth-order valence-electron chi connectivity index (χ4n) is 1.07. The standard InChI is InChI=1S/C9H8ClF3N2O/c1-15(4-7(12)13)9(16)6-2-5(11)3-14-8(6)10/h2-3,7H,4H2,1H3. The van der Waals surface area contributed by atoms with Gasteiger partial charge in [-0.1, -0.05) is 11.6 Å². The van der Waals surface area contributed by atoms with Crippen LogP contribution < -0.4 is 0 Å². The third-order valence-electron chi connectivity index (χ3n) is 1.79. The van der Waals surface area contributed by atoms with Crippen LogP contribution >= 0.6 is 11.6 Å². The Morgan fingerprint density at radius 3 is 2.81 bits per heavy atom. The van der Waals surface area contributed by atoms with E-state index in [0.29, 0.717) is 0 Å². The second kappa shape index (κ2) is 5.16. The first kappa shape index (κ1) is 12.8. The lowest BCUT2D eigenvalue weighted by Gasteiger charge is -2.16. The van der Waals surface area contributed by atoms with E-state index < -0.39 is 24.7 Å². The van der Waals surface area contributed by atoms with Crippen LogP contribution in [0.15, 0.2) is 12.3 Å². The maximum absolute atomic E-state index is 12.8. The number of halogens is 4. The molecule has 3 nitrogen and oxygen atoms in total. The summed E-state index contributed by atoms with van der Waals surface area (Å²) >= 11 is 5.56. The number of nitrogens with zero attached hydrogens (tertiary/aromatic N) is 2. The van der Waals surface area contributed by atoms with Crippen molar-refractivity contribution in [3.63, 3.8) is 0 Å². The van der Waals surface area contributed by atoms with Gasteiger partial charge in [0.15, 0.2) is 0 Å². The molecule has 16 heavy (non-hydrogen) atoms. The van der Waals surface area contributed by atoms with Crippen LogP contribution in [0.2, 0.25) is 5.15 Å². The third-order valence-corrected chi connectivity index (χ3v) is 2.10. The summed E-state index contributed by atoms with van der Waals surface area (Å²) in [6.07, 6.45) is -1.82. The van der Waals surface area contributed by atoms with Gasteiger partial charge < -0.3 is 4.90 Å². The van der Waals surface area contributed by atoms with Crippen molar-refractivity contribution < 1.29 is 18.0 Å². The van der Waals surface area contributed by atoms with Gasteiger partial charge in [-0.05, 0) is 6.07 Å². The van der Waals surface area contributed by atoms with Crippen molar-refractivity contribution in [2.75, 3.05) is 13.6 Å². The van der Waals surface area contributed by atoms with Crippen LogP contribution in [-0.2, 0) is 0 Å². The summed E-state index contributed by atoms with van der Waals surface area (Å²) in [6, 6.07) is 0.861. The molecule has 0 bridgehead atoms. The Morgan fingerprint density at radius 1 is 1.62 bits per heavy atom. The number of amides is 1. The van der Waals surface area contributed by atoms with Crippen molar-refractivity contribution in [2.24, 2.45) is 0 Å². The van der Waals surface area contributed by atoms with E-state index in [9.17, 15) is 18.0 Å². The van der Waals surface area contributed by atoms with E-state index in [-0.39, 0.29) is 10.7 Å². The lowest BCUT2D eigenvalue weighted by molar-refractivity contribution is 0.0619. The minimum atomic E-state index is -2.66. The first-order chi connectivity index (χ1) is 7.41. The SMILES string of the molecule is CN(CC(F)F)C(=O)c1cc(F)cnc1Cl.